The van der Waals surface area contributed by atoms with Gasteiger partial charge >= 0.3 is 0 Å². The van der Waals surface area contributed by atoms with Crippen molar-refractivity contribution in [2.45, 2.75) is 0 Å². The molecule has 0 N–H and O–H groups in total. The van der Waals surface area contributed by atoms with Crippen LogP contribution in [0.4, 0.5) is 0 Å². The fourth-order valence-corrected chi connectivity index (χ4v) is 10.0. The minimum Gasteiger partial charge on any atom is -0.309 e. The summed E-state index contributed by atoms with van der Waals surface area (Å²) in [6, 6.07) is 91.1. The van der Waals surface area contributed by atoms with Crippen molar-refractivity contribution in [2.75, 3.05) is 0 Å². The zero-order chi connectivity index (χ0) is 45.0. The molecule has 318 valence electrons. The monoisotopic (exact) mass is 866 g/mol. The lowest BCUT2D eigenvalue weighted by atomic mass is 9.99. The van der Waals surface area contributed by atoms with Gasteiger partial charge in [-0.1, -0.05) is 200 Å². The SMILES string of the molecule is c1ccc(-c2ccc(-c3cc(-c4ccc(-c5ccccc5)cc4)nc(-c4cccc(-c5ccc6c7ccccc7n(-c7cccc(-n8c9ccccc9c9ccccc98)c7)c6c5)c4)n3)cc2)cc1. The molecule has 0 saturated heterocycles. The molecular weight excluding hydrogens is 825 g/mol. The van der Waals surface area contributed by atoms with Gasteiger partial charge in [-0.3, -0.25) is 0 Å². The third-order valence-corrected chi connectivity index (χ3v) is 13.4. The van der Waals surface area contributed by atoms with Crippen LogP contribution >= 0.6 is 0 Å². The maximum Gasteiger partial charge on any atom is 0.160 e. The minimum absolute atomic E-state index is 0.677. The highest BCUT2D eigenvalue weighted by Crippen LogP contribution is 2.38. The van der Waals surface area contributed by atoms with Gasteiger partial charge in [0.2, 0.25) is 0 Å². The molecule has 10 aromatic carbocycles. The summed E-state index contributed by atoms with van der Waals surface area (Å²) in [5.41, 5.74) is 18.6. The van der Waals surface area contributed by atoms with Crippen LogP contribution in [0.2, 0.25) is 0 Å². The molecule has 0 atom stereocenters. The lowest BCUT2D eigenvalue weighted by Gasteiger charge is -2.13. The van der Waals surface area contributed by atoms with Crippen molar-refractivity contribution in [1.82, 2.24) is 19.1 Å². The molecule has 0 radical (unpaired) electrons. The summed E-state index contributed by atoms with van der Waals surface area (Å²) >= 11 is 0. The first-order valence-corrected chi connectivity index (χ1v) is 23.1. The van der Waals surface area contributed by atoms with Gasteiger partial charge in [-0.2, -0.15) is 0 Å². The van der Waals surface area contributed by atoms with Gasteiger partial charge in [0.1, 0.15) is 0 Å². The quantitative estimate of drug-likeness (QED) is 0.153. The topological polar surface area (TPSA) is 35.6 Å². The van der Waals surface area contributed by atoms with E-state index >= 15 is 0 Å². The Kier molecular flexibility index (Phi) is 9.47. The van der Waals surface area contributed by atoms with Crippen LogP contribution in [0.15, 0.2) is 255 Å². The van der Waals surface area contributed by atoms with Gasteiger partial charge in [0.25, 0.3) is 0 Å². The number of hydrogen-bond acceptors (Lipinski definition) is 2. The summed E-state index contributed by atoms with van der Waals surface area (Å²) in [5.74, 6) is 0.677. The number of hydrogen-bond donors (Lipinski definition) is 0. The number of fused-ring (bicyclic) bond motifs is 6. The van der Waals surface area contributed by atoms with E-state index in [1.165, 1.54) is 60.3 Å². The van der Waals surface area contributed by atoms with Crippen LogP contribution in [0, 0.1) is 0 Å². The van der Waals surface area contributed by atoms with Crippen molar-refractivity contribution >= 4 is 43.6 Å². The Labute approximate surface area is 394 Å². The Morgan fingerprint density at radius 1 is 0.221 bits per heavy atom. The van der Waals surface area contributed by atoms with Gasteiger partial charge in [0, 0.05) is 49.6 Å². The van der Waals surface area contributed by atoms with E-state index in [0.717, 1.165) is 56.1 Å². The van der Waals surface area contributed by atoms with Gasteiger partial charge in [-0.15, -0.1) is 0 Å². The van der Waals surface area contributed by atoms with E-state index < -0.39 is 0 Å². The number of nitrogens with zero attached hydrogens (tertiary/aromatic N) is 4. The molecule has 0 unspecified atom stereocenters. The van der Waals surface area contributed by atoms with Crippen molar-refractivity contribution in [3.8, 4) is 78.7 Å². The molecular formula is C64H42N4. The molecule has 0 aliphatic rings. The molecule has 4 heteroatoms. The molecule has 0 aliphatic carbocycles. The third kappa shape index (κ3) is 6.86. The molecule has 3 aromatic heterocycles. The van der Waals surface area contributed by atoms with Gasteiger partial charge in [0.15, 0.2) is 5.82 Å². The molecule has 3 heterocycles. The summed E-state index contributed by atoms with van der Waals surface area (Å²) in [7, 11) is 0. The van der Waals surface area contributed by atoms with Crippen LogP contribution < -0.4 is 0 Å². The Balaban J connectivity index is 0.921. The lowest BCUT2D eigenvalue weighted by Crippen LogP contribution is -1.98. The number of para-hydroxylation sites is 3. The molecule has 13 aromatic rings. The highest BCUT2D eigenvalue weighted by atomic mass is 15.0. The molecule has 13 rings (SSSR count). The van der Waals surface area contributed by atoms with Gasteiger partial charge in [-0.05, 0) is 88.0 Å². The standard InChI is InChI=1S/C64H42N4/c1-3-15-43(16-4-1)45-29-33-47(34-30-45)58-42-59(48-35-31-46(32-36-48)44-17-5-2-6-18-44)66-64(65-58)51-20-13-19-49(39-51)50-37-38-57-56-25-9-12-28-62(56)68(63(57)40-50)53-22-14-21-52(41-53)67-60-26-10-7-23-54(60)55-24-8-11-27-61(55)67/h1-42H. The number of aromatic nitrogens is 4. The first-order chi connectivity index (χ1) is 33.7. The maximum atomic E-state index is 5.28. The predicted molar refractivity (Wildman–Crippen MR) is 283 cm³/mol. The van der Waals surface area contributed by atoms with Crippen molar-refractivity contribution in [3.05, 3.63) is 255 Å². The highest BCUT2D eigenvalue weighted by Gasteiger charge is 2.18. The van der Waals surface area contributed by atoms with Crippen molar-refractivity contribution < 1.29 is 0 Å². The summed E-state index contributed by atoms with van der Waals surface area (Å²) in [6.45, 7) is 0. The van der Waals surface area contributed by atoms with Crippen LogP contribution in [-0.4, -0.2) is 19.1 Å². The van der Waals surface area contributed by atoms with Crippen LogP contribution in [0.5, 0.6) is 0 Å². The van der Waals surface area contributed by atoms with Crippen LogP contribution in [0.1, 0.15) is 0 Å². The third-order valence-electron chi connectivity index (χ3n) is 13.4. The smallest absolute Gasteiger partial charge is 0.160 e. The Bertz CT molecular complexity index is 3840. The average molecular weight is 867 g/mol. The molecule has 68 heavy (non-hydrogen) atoms. The Morgan fingerprint density at radius 2 is 0.588 bits per heavy atom. The minimum atomic E-state index is 0.677. The first-order valence-electron chi connectivity index (χ1n) is 23.1. The van der Waals surface area contributed by atoms with E-state index in [1.807, 2.05) is 0 Å². The van der Waals surface area contributed by atoms with Crippen LogP contribution in [-0.2, 0) is 0 Å². The summed E-state index contributed by atoms with van der Waals surface area (Å²) in [4.78, 5) is 10.6. The van der Waals surface area contributed by atoms with Crippen molar-refractivity contribution in [2.24, 2.45) is 0 Å². The average Bonchev–Trinajstić information content (AvgIpc) is 3.94. The number of benzene rings is 10. The molecule has 0 aliphatic heterocycles. The zero-order valence-corrected chi connectivity index (χ0v) is 37.0. The summed E-state index contributed by atoms with van der Waals surface area (Å²) < 4.78 is 4.81. The van der Waals surface area contributed by atoms with E-state index in [4.69, 9.17) is 9.97 Å². The van der Waals surface area contributed by atoms with Gasteiger partial charge < -0.3 is 9.13 Å². The molecule has 0 amide bonds. The summed E-state index contributed by atoms with van der Waals surface area (Å²) in [5, 5.41) is 4.93. The lowest BCUT2D eigenvalue weighted by molar-refractivity contribution is 1.13. The second-order valence-electron chi connectivity index (χ2n) is 17.4. The normalized spacial score (nSPS) is 11.5. The highest BCUT2D eigenvalue weighted by molar-refractivity contribution is 6.11. The second kappa shape index (κ2) is 16.4. The van der Waals surface area contributed by atoms with Crippen molar-refractivity contribution in [1.29, 1.82) is 0 Å². The first kappa shape index (κ1) is 39.3. The van der Waals surface area contributed by atoms with E-state index in [-0.39, 0.29) is 0 Å². The molecule has 0 bridgehead atoms. The van der Waals surface area contributed by atoms with Crippen LogP contribution in [0.3, 0.4) is 0 Å². The van der Waals surface area contributed by atoms with E-state index in [0.29, 0.717) is 5.82 Å². The van der Waals surface area contributed by atoms with Crippen molar-refractivity contribution in [3.63, 3.8) is 0 Å². The number of rotatable bonds is 8. The predicted octanol–water partition coefficient (Wildman–Crippen LogP) is 16.7. The Morgan fingerprint density at radius 3 is 1.12 bits per heavy atom. The Hall–Kier alpha value is -9.12. The zero-order valence-electron chi connectivity index (χ0n) is 37.0. The molecule has 0 fully saturated rings. The van der Waals surface area contributed by atoms with E-state index in [9.17, 15) is 0 Å². The van der Waals surface area contributed by atoms with Crippen LogP contribution in [0.25, 0.3) is 122 Å². The summed E-state index contributed by atoms with van der Waals surface area (Å²) in [6.07, 6.45) is 0. The fourth-order valence-electron chi connectivity index (χ4n) is 10.0. The molecule has 0 saturated carbocycles. The van der Waals surface area contributed by atoms with Gasteiger partial charge in [-0.25, -0.2) is 9.97 Å². The van der Waals surface area contributed by atoms with E-state index in [2.05, 4.69) is 264 Å². The largest absolute Gasteiger partial charge is 0.309 e. The second-order valence-corrected chi connectivity index (χ2v) is 17.4. The fraction of sp³-hybridized carbons (Fsp3) is 0. The molecule has 4 nitrogen and oxygen atoms in total. The van der Waals surface area contributed by atoms with E-state index in [1.54, 1.807) is 0 Å². The molecule has 0 spiro atoms. The maximum absolute atomic E-state index is 5.28. The van der Waals surface area contributed by atoms with Gasteiger partial charge in [0.05, 0.1) is 33.5 Å².